The zero-order valence-corrected chi connectivity index (χ0v) is 31.1. The third kappa shape index (κ3) is 9.61. The minimum atomic E-state index is -4.80. The molecule has 1 heterocycles. The first-order valence-electron chi connectivity index (χ1n) is 17.6. The number of aromatic nitrogens is 1. The molecule has 0 bridgehead atoms. The number of aryl methyl sites for hydroxylation is 3. The van der Waals surface area contributed by atoms with Crippen molar-refractivity contribution in [3.05, 3.63) is 91.4 Å². The molecular weight excluding hydrogens is 681 g/mol. The fourth-order valence-electron chi connectivity index (χ4n) is 6.78. The van der Waals surface area contributed by atoms with E-state index in [2.05, 4.69) is 4.99 Å². The van der Waals surface area contributed by atoms with E-state index in [4.69, 9.17) is 4.74 Å². The maximum absolute atomic E-state index is 16.8. The molecule has 52 heavy (non-hydrogen) atoms. The van der Waals surface area contributed by atoms with Gasteiger partial charge in [0, 0.05) is 42.1 Å². The van der Waals surface area contributed by atoms with E-state index in [1.165, 1.54) is 6.07 Å². The van der Waals surface area contributed by atoms with Gasteiger partial charge in [0.05, 0.1) is 18.6 Å². The van der Waals surface area contributed by atoms with Gasteiger partial charge in [-0.3, -0.25) is 14.4 Å². The highest BCUT2D eigenvalue weighted by Gasteiger charge is 2.36. The van der Waals surface area contributed by atoms with Gasteiger partial charge in [-0.2, -0.15) is 13.2 Å². The molecule has 3 aromatic rings. The first-order valence-corrected chi connectivity index (χ1v) is 17.6. The summed E-state index contributed by atoms with van der Waals surface area (Å²) in [7, 11) is 3.40. The largest absolute Gasteiger partial charge is 0.466 e. The molecular formula is C40H48F5N3O4. The smallest absolute Gasteiger partial charge is 0.416 e. The number of benzene rings is 2. The molecule has 0 N–H and O–H groups in total. The number of amides is 1. The van der Waals surface area contributed by atoms with Gasteiger partial charge in [0.25, 0.3) is 11.5 Å². The van der Waals surface area contributed by atoms with Crippen LogP contribution in [0.25, 0.3) is 11.1 Å². The van der Waals surface area contributed by atoms with E-state index in [9.17, 15) is 27.6 Å². The summed E-state index contributed by atoms with van der Waals surface area (Å²) < 4.78 is 81.3. The highest BCUT2D eigenvalue weighted by Crippen LogP contribution is 2.46. The van der Waals surface area contributed by atoms with Crippen molar-refractivity contribution in [2.45, 2.75) is 97.7 Å². The highest BCUT2D eigenvalue weighted by molar-refractivity contribution is 5.91. The molecule has 1 aromatic heterocycles. The third-order valence-electron chi connectivity index (χ3n) is 9.28. The molecule has 1 aliphatic carbocycles. The van der Waals surface area contributed by atoms with E-state index in [1.807, 2.05) is 32.9 Å². The van der Waals surface area contributed by atoms with Crippen LogP contribution in [0.5, 0.6) is 0 Å². The second kappa shape index (κ2) is 16.7. The fraction of sp³-hybridized carbons (Fsp3) is 0.500. The van der Waals surface area contributed by atoms with E-state index in [0.29, 0.717) is 30.0 Å². The quantitative estimate of drug-likeness (QED) is 0.0943. The molecule has 12 heteroatoms. The van der Waals surface area contributed by atoms with Crippen molar-refractivity contribution in [2.75, 3.05) is 27.2 Å². The minimum Gasteiger partial charge on any atom is -0.466 e. The van der Waals surface area contributed by atoms with E-state index in [-0.39, 0.29) is 49.0 Å². The molecule has 282 valence electrons. The summed E-state index contributed by atoms with van der Waals surface area (Å²) in [6.07, 6.45) is -1.88. The fourth-order valence-corrected chi connectivity index (χ4v) is 6.78. The van der Waals surface area contributed by atoms with Gasteiger partial charge in [0.2, 0.25) is 0 Å². The van der Waals surface area contributed by atoms with Crippen LogP contribution in [0.15, 0.2) is 40.2 Å². The van der Waals surface area contributed by atoms with Crippen LogP contribution in [-0.2, 0) is 26.9 Å². The number of ether oxygens (including phenoxy) is 1. The van der Waals surface area contributed by atoms with Crippen molar-refractivity contribution in [2.24, 2.45) is 10.9 Å². The number of hydrogen-bond donors (Lipinski definition) is 0. The second-order valence-corrected chi connectivity index (χ2v) is 14.5. The molecule has 0 saturated heterocycles. The van der Waals surface area contributed by atoms with Crippen molar-refractivity contribution in [3.63, 3.8) is 0 Å². The highest BCUT2D eigenvalue weighted by atomic mass is 19.4. The van der Waals surface area contributed by atoms with Crippen LogP contribution in [0.1, 0.15) is 103 Å². The lowest BCUT2D eigenvalue weighted by Crippen LogP contribution is -2.32. The SMILES string of the molecule is CCOC(=O)CC(C=NC(=O)C(CC(C)C)n1cc(CCN(C)C)c(C(F)(F)F)cc1=O)c1c(F)c(-c2c(C)cc(C)cc2C)cc(C2CC2)c1F. The van der Waals surface area contributed by atoms with Crippen LogP contribution in [0.4, 0.5) is 22.0 Å². The maximum atomic E-state index is 16.8. The molecule has 4 rings (SSSR count). The van der Waals surface area contributed by atoms with Crippen LogP contribution in [0.3, 0.4) is 0 Å². The standard InChI is InChI=1S/C40H48F5N3O4/c1-9-52-34(50)17-28(36-37(41)29(26-10-11-26)18-30(38(36)42)35-24(5)15-23(4)16-25(35)6)20-46-39(51)32(14-22(2)3)48-21-27(12-13-47(7)8)31(19-33(48)49)40(43,44)45/h15-16,18-22,26,28,32H,9-14,17H2,1-8H3. The number of halogens is 5. The predicted octanol–water partition coefficient (Wildman–Crippen LogP) is 8.64. The van der Waals surface area contributed by atoms with Gasteiger partial charge < -0.3 is 14.2 Å². The zero-order chi connectivity index (χ0) is 38.7. The predicted molar refractivity (Wildman–Crippen MR) is 192 cm³/mol. The Kier molecular flexibility index (Phi) is 13.0. The summed E-state index contributed by atoms with van der Waals surface area (Å²) in [6, 6.07) is 4.50. The topological polar surface area (TPSA) is 81.0 Å². The summed E-state index contributed by atoms with van der Waals surface area (Å²) >= 11 is 0. The van der Waals surface area contributed by atoms with Crippen molar-refractivity contribution >= 4 is 18.1 Å². The molecule has 1 amide bonds. The Bertz CT molecular complexity index is 1870. The molecule has 0 aliphatic heterocycles. The Morgan fingerprint density at radius 1 is 1.04 bits per heavy atom. The summed E-state index contributed by atoms with van der Waals surface area (Å²) in [4.78, 5) is 45.8. The Morgan fingerprint density at radius 2 is 1.67 bits per heavy atom. The van der Waals surface area contributed by atoms with Crippen LogP contribution in [0.2, 0.25) is 0 Å². The average Bonchev–Trinajstić information content (AvgIpc) is 3.87. The zero-order valence-electron chi connectivity index (χ0n) is 31.1. The number of hydrogen-bond acceptors (Lipinski definition) is 5. The van der Waals surface area contributed by atoms with Gasteiger partial charge >= 0.3 is 12.1 Å². The van der Waals surface area contributed by atoms with E-state index in [1.54, 1.807) is 39.8 Å². The molecule has 1 saturated carbocycles. The Labute approximate surface area is 301 Å². The number of carbonyl (C=O) groups excluding carboxylic acids is 2. The van der Waals surface area contributed by atoms with Crippen molar-refractivity contribution in [1.29, 1.82) is 0 Å². The molecule has 0 radical (unpaired) electrons. The second-order valence-electron chi connectivity index (χ2n) is 14.5. The van der Waals surface area contributed by atoms with E-state index < -0.39 is 64.8 Å². The summed E-state index contributed by atoms with van der Waals surface area (Å²) in [5, 5.41) is 0. The molecule has 1 fully saturated rings. The van der Waals surface area contributed by atoms with E-state index in [0.717, 1.165) is 33.7 Å². The monoisotopic (exact) mass is 729 g/mol. The van der Waals surface area contributed by atoms with Crippen LogP contribution in [-0.4, -0.2) is 54.8 Å². The molecule has 2 unspecified atom stereocenters. The number of alkyl halides is 3. The van der Waals surface area contributed by atoms with Crippen LogP contribution < -0.4 is 5.56 Å². The molecule has 2 aromatic carbocycles. The number of pyridine rings is 1. The molecule has 2 atom stereocenters. The average molecular weight is 730 g/mol. The first-order chi connectivity index (χ1) is 24.3. The van der Waals surface area contributed by atoms with Crippen molar-refractivity contribution < 1.29 is 36.3 Å². The van der Waals surface area contributed by atoms with Crippen molar-refractivity contribution in [1.82, 2.24) is 9.47 Å². The summed E-state index contributed by atoms with van der Waals surface area (Å²) in [5.41, 5.74) is 0.889. The maximum Gasteiger partial charge on any atom is 0.416 e. The van der Waals surface area contributed by atoms with Gasteiger partial charge in [-0.15, -0.1) is 0 Å². The number of likely N-dealkylation sites (N-methyl/N-ethyl adjacent to an activating group) is 1. The Balaban J connectivity index is 1.88. The molecule has 1 aliphatic rings. The van der Waals surface area contributed by atoms with Gasteiger partial charge in [-0.1, -0.05) is 31.5 Å². The lowest BCUT2D eigenvalue weighted by molar-refractivity contribution is -0.143. The van der Waals surface area contributed by atoms with E-state index >= 15 is 8.78 Å². The Morgan fingerprint density at radius 3 is 2.21 bits per heavy atom. The third-order valence-corrected chi connectivity index (χ3v) is 9.28. The first kappa shape index (κ1) is 40.6. The van der Waals surface area contributed by atoms with Gasteiger partial charge in [0.1, 0.15) is 17.7 Å². The van der Waals surface area contributed by atoms with Crippen molar-refractivity contribution in [3.8, 4) is 11.1 Å². The lowest BCUT2D eigenvalue weighted by Gasteiger charge is -2.23. The van der Waals surface area contributed by atoms with Gasteiger partial charge in [-0.05, 0) is 113 Å². The lowest BCUT2D eigenvalue weighted by atomic mass is 9.86. The van der Waals surface area contributed by atoms with Crippen LogP contribution in [0, 0.1) is 38.3 Å². The summed E-state index contributed by atoms with van der Waals surface area (Å²) in [5.74, 6) is -5.13. The number of carbonyl (C=O) groups is 2. The van der Waals surface area contributed by atoms with Gasteiger partial charge in [0.15, 0.2) is 0 Å². The normalized spacial score (nSPS) is 14.8. The number of rotatable bonds is 14. The Hall–Kier alpha value is -4.19. The number of esters is 1. The summed E-state index contributed by atoms with van der Waals surface area (Å²) in [6.45, 7) is 11.0. The number of aliphatic imine (C=N–C) groups is 1. The molecule has 0 spiro atoms. The minimum absolute atomic E-state index is 0.00513. The number of nitrogens with zero attached hydrogens (tertiary/aromatic N) is 3. The molecule has 7 nitrogen and oxygen atoms in total. The van der Waals surface area contributed by atoms with Gasteiger partial charge in [-0.25, -0.2) is 13.8 Å². The van der Waals surface area contributed by atoms with Crippen LogP contribution >= 0.6 is 0 Å².